The van der Waals surface area contributed by atoms with E-state index in [0.29, 0.717) is 17.5 Å². The average molecular weight is 224 g/mol. The summed E-state index contributed by atoms with van der Waals surface area (Å²) < 4.78 is 0. The first-order valence-electron chi connectivity index (χ1n) is 7.02. The molecule has 2 heteroatoms. The summed E-state index contributed by atoms with van der Waals surface area (Å²) in [6, 6.07) is 2.30. The molecule has 0 bridgehead atoms. The Morgan fingerprint density at radius 1 is 1.25 bits per heavy atom. The van der Waals surface area contributed by atoms with Crippen LogP contribution in [0.4, 0.5) is 0 Å². The average Bonchev–Trinajstić information content (AvgIpc) is 3.07. The topological polar surface area (TPSA) is 15.3 Å². The lowest BCUT2D eigenvalue weighted by molar-refractivity contribution is 0.205. The molecule has 1 atom stereocenters. The Bertz CT molecular complexity index is 227. The summed E-state index contributed by atoms with van der Waals surface area (Å²) in [5.74, 6) is 0. The number of hydrogen-bond acceptors (Lipinski definition) is 2. The van der Waals surface area contributed by atoms with Crippen molar-refractivity contribution >= 4 is 0 Å². The van der Waals surface area contributed by atoms with Crippen LogP contribution < -0.4 is 5.32 Å². The van der Waals surface area contributed by atoms with E-state index in [0.717, 1.165) is 12.6 Å². The zero-order valence-corrected chi connectivity index (χ0v) is 11.4. The van der Waals surface area contributed by atoms with Gasteiger partial charge in [0.2, 0.25) is 0 Å². The van der Waals surface area contributed by atoms with Gasteiger partial charge in [0, 0.05) is 31.2 Å². The Labute approximate surface area is 101 Å². The van der Waals surface area contributed by atoms with E-state index in [4.69, 9.17) is 0 Å². The van der Waals surface area contributed by atoms with Gasteiger partial charge >= 0.3 is 0 Å². The molecule has 0 aromatic carbocycles. The maximum absolute atomic E-state index is 3.71. The van der Waals surface area contributed by atoms with Crippen LogP contribution in [-0.2, 0) is 0 Å². The van der Waals surface area contributed by atoms with E-state index in [1.807, 2.05) is 0 Å². The monoisotopic (exact) mass is 224 g/mol. The molecule has 16 heavy (non-hydrogen) atoms. The molecule has 0 aromatic rings. The molecule has 0 amide bonds. The molecular formula is C14H28N2. The molecule has 1 N–H and O–H groups in total. The summed E-state index contributed by atoms with van der Waals surface area (Å²) in [6.07, 6.45) is 5.67. The highest BCUT2D eigenvalue weighted by atomic mass is 15.2. The Hall–Kier alpha value is -0.0800. The van der Waals surface area contributed by atoms with Crippen LogP contribution in [0.5, 0.6) is 0 Å². The van der Waals surface area contributed by atoms with Gasteiger partial charge in [0.1, 0.15) is 0 Å². The molecule has 2 nitrogen and oxygen atoms in total. The maximum Gasteiger partial charge on any atom is 0.0113 e. The molecule has 94 valence electrons. The Balaban J connectivity index is 1.66. The van der Waals surface area contributed by atoms with E-state index in [1.54, 1.807) is 0 Å². The fourth-order valence-corrected chi connectivity index (χ4v) is 2.56. The standard InChI is InChI=1S/C14H28N2/c1-11(2)16(13-5-6-13)10-9-15-12(3)14(4)7-8-14/h11-13,15H,5-10H2,1-4H3. The summed E-state index contributed by atoms with van der Waals surface area (Å²) in [7, 11) is 0. The van der Waals surface area contributed by atoms with Crippen molar-refractivity contribution < 1.29 is 0 Å². The van der Waals surface area contributed by atoms with Crippen molar-refractivity contribution in [3.8, 4) is 0 Å². The van der Waals surface area contributed by atoms with Crippen LogP contribution in [0.15, 0.2) is 0 Å². The van der Waals surface area contributed by atoms with Gasteiger partial charge in [-0.05, 0) is 51.9 Å². The lowest BCUT2D eigenvalue weighted by Crippen LogP contribution is -2.42. The third-order valence-electron chi connectivity index (χ3n) is 4.58. The number of rotatable bonds is 7. The summed E-state index contributed by atoms with van der Waals surface area (Å²) in [5.41, 5.74) is 0.613. The lowest BCUT2D eigenvalue weighted by atomic mass is 10.0. The van der Waals surface area contributed by atoms with E-state index in [2.05, 4.69) is 37.9 Å². The van der Waals surface area contributed by atoms with Crippen LogP contribution in [0.25, 0.3) is 0 Å². The van der Waals surface area contributed by atoms with Gasteiger partial charge in [-0.25, -0.2) is 0 Å². The second-order valence-electron chi connectivity index (χ2n) is 6.39. The van der Waals surface area contributed by atoms with E-state index in [1.165, 1.54) is 32.2 Å². The predicted molar refractivity (Wildman–Crippen MR) is 69.7 cm³/mol. The van der Waals surface area contributed by atoms with Gasteiger partial charge in [0.15, 0.2) is 0 Å². The number of nitrogens with one attached hydrogen (secondary N) is 1. The van der Waals surface area contributed by atoms with Crippen LogP contribution in [0.3, 0.4) is 0 Å². The summed E-state index contributed by atoms with van der Waals surface area (Å²) in [4.78, 5) is 2.66. The smallest absolute Gasteiger partial charge is 0.0113 e. The Morgan fingerprint density at radius 3 is 2.31 bits per heavy atom. The van der Waals surface area contributed by atoms with E-state index < -0.39 is 0 Å². The van der Waals surface area contributed by atoms with Crippen LogP contribution in [-0.4, -0.2) is 36.1 Å². The zero-order valence-electron chi connectivity index (χ0n) is 11.4. The third kappa shape index (κ3) is 2.98. The second-order valence-corrected chi connectivity index (χ2v) is 6.39. The van der Waals surface area contributed by atoms with Crippen molar-refractivity contribution in [3.05, 3.63) is 0 Å². The quantitative estimate of drug-likeness (QED) is 0.715. The molecule has 0 spiro atoms. The molecule has 0 aliphatic heterocycles. The molecule has 1 unspecified atom stereocenters. The molecule has 2 aliphatic rings. The number of nitrogens with zero attached hydrogens (tertiary/aromatic N) is 1. The maximum atomic E-state index is 3.71. The molecule has 2 saturated carbocycles. The van der Waals surface area contributed by atoms with Gasteiger partial charge in [-0.15, -0.1) is 0 Å². The third-order valence-corrected chi connectivity index (χ3v) is 4.58. The van der Waals surface area contributed by atoms with Crippen LogP contribution >= 0.6 is 0 Å². The Kier molecular flexibility index (Phi) is 3.60. The van der Waals surface area contributed by atoms with Crippen molar-refractivity contribution in [1.29, 1.82) is 0 Å². The van der Waals surface area contributed by atoms with Gasteiger partial charge in [-0.2, -0.15) is 0 Å². The van der Waals surface area contributed by atoms with Gasteiger partial charge < -0.3 is 5.32 Å². The first kappa shape index (κ1) is 12.4. The molecule has 2 aliphatic carbocycles. The fourth-order valence-electron chi connectivity index (χ4n) is 2.56. The van der Waals surface area contributed by atoms with Crippen molar-refractivity contribution in [2.75, 3.05) is 13.1 Å². The van der Waals surface area contributed by atoms with E-state index >= 15 is 0 Å². The highest BCUT2D eigenvalue weighted by Gasteiger charge is 2.42. The van der Waals surface area contributed by atoms with Gasteiger partial charge in [-0.1, -0.05) is 6.92 Å². The highest BCUT2D eigenvalue weighted by molar-refractivity contribution is 4.96. The molecule has 0 radical (unpaired) electrons. The van der Waals surface area contributed by atoms with Crippen molar-refractivity contribution in [3.63, 3.8) is 0 Å². The minimum Gasteiger partial charge on any atom is -0.312 e. The van der Waals surface area contributed by atoms with Crippen LogP contribution in [0.1, 0.15) is 53.4 Å². The van der Waals surface area contributed by atoms with Gasteiger partial charge in [-0.3, -0.25) is 4.90 Å². The fraction of sp³-hybridized carbons (Fsp3) is 1.00. The molecule has 2 fully saturated rings. The largest absolute Gasteiger partial charge is 0.312 e. The normalized spacial score (nSPS) is 25.1. The van der Waals surface area contributed by atoms with Gasteiger partial charge in [0.05, 0.1) is 0 Å². The summed E-state index contributed by atoms with van der Waals surface area (Å²) >= 11 is 0. The first-order chi connectivity index (χ1) is 7.53. The van der Waals surface area contributed by atoms with E-state index in [9.17, 15) is 0 Å². The molecule has 0 aromatic heterocycles. The SMILES string of the molecule is CC(C)N(CCNC(C)C1(C)CC1)C1CC1. The molecule has 2 rings (SSSR count). The number of hydrogen-bond donors (Lipinski definition) is 1. The minimum atomic E-state index is 0.613. The Morgan fingerprint density at radius 2 is 1.88 bits per heavy atom. The van der Waals surface area contributed by atoms with Crippen molar-refractivity contribution in [2.45, 2.75) is 71.5 Å². The molecular weight excluding hydrogens is 196 g/mol. The zero-order chi connectivity index (χ0) is 11.8. The van der Waals surface area contributed by atoms with Crippen LogP contribution in [0, 0.1) is 5.41 Å². The van der Waals surface area contributed by atoms with Crippen molar-refractivity contribution in [2.24, 2.45) is 5.41 Å². The van der Waals surface area contributed by atoms with Crippen molar-refractivity contribution in [1.82, 2.24) is 10.2 Å². The van der Waals surface area contributed by atoms with Crippen LogP contribution in [0.2, 0.25) is 0 Å². The van der Waals surface area contributed by atoms with E-state index in [-0.39, 0.29) is 0 Å². The molecule has 0 heterocycles. The summed E-state index contributed by atoms with van der Waals surface area (Å²) in [5, 5.41) is 3.71. The minimum absolute atomic E-state index is 0.613. The first-order valence-corrected chi connectivity index (χ1v) is 7.02. The second kappa shape index (κ2) is 4.66. The lowest BCUT2D eigenvalue weighted by Gasteiger charge is -2.28. The van der Waals surface area contributed by atoms with Gasteiger partial charge in [0.25, 0.3) is 0 Å². The predicted octanol–water partition coefficient (Wildman–Crippen LogP) is 2.64. The molecule has 0 saturated heterocycles. The highest BCUT2D eigenvalue weighted by Crippen LogP contribution is 2.47. The summed E-state index contributed by atoms with van der Waals surface area (Å²) in [6.45, 7) is 11.8.